The van der Waals surface area contributed by atoms with Gasteiger partial charge in [-0.25, -0.2) is 4.79 Å². The SMILES string of the molecule is CCCC1CC1NC(=O)N(CCCO)C1CCc2ccccc21. The van der Waals surface area contributed by atoms with E-state index in [-0.39, 0.29) is 18.7 Å². The van der Waals surface area contributed by atoms with Crippen molar-refractivity contribution in [2.45, 2.75) is 57.5 Å². The van der Waals surface area contributed by atoms with Crippen molar-refractivity contribution in [3.05, 3.63) is 35.4 Å². The Morgan fingerprint density at radius 1 is 1.39 bits per heavy atom. The molecule has 3 atom stereocenters. The molecule has 126 valence electrons. The maximum Gasteiger partial charge on any atom is 0.318 e. The highest BCUT2D eigenvalue weighted by Gasteiger charge is 2.39. The van der Waals surface area contributed by atoms with Crippen LogP contribution in [0.15, 0.2) is 24.3 Å². The number of fused-ring (bicyclic) bond motifs is 1. The number of hydrogen-bond acceptors (Lipinski definition) is 2. The number of carbonyl (C=O) groups excluding carboxylic acids is 1. The van der Waals surface area contributed by atoms with Gasteiger partial charge in [-0.3, -0.25) is 0 Å². The van der Waals surface area contributed by atoms with Gasteiger partial charge in [0.05, 0.1) is 6.04 Å². The van der Waals surface area contributed by atoms with E-state index >= 15 is 0 Å². The van der Waals surface area contributed by atoms with Crippen LogP contribution in [0.25, 0.3) is 0 Å². The van der Waals surface area contributed by atoms with Crippen LogP contribution in [0.3, 0.4) is 0 Å². The van der Waals surface area contributed by atoms with Gasteiger partial charge >= 0.3 is 6.03 Å². The Morgan fingerprint density at radius 3 is 3.00 bits per heavy atom. The minimum absolute atomic E-state index is 0.0451. The molecule has 23 heavy (non-hydrogen) atoms. The maximum atomic E-state index is 12.8. The average molecular weight is 316 g/mol. The fourth-order valence-corrected chi connectivity index (χ4v) is 3.85. The first-order chi connectivity index (χ1) is 11.2. The summed E-state index contributed by atoms with van der Waals surface area (Å²) in [6.07, 6.45) is 6.16. The molecule has 2 N–H and O–H groups in total. The van der Waals surface area contributed by atoms with Crippen molar-refractivity contribution in [1.29, 1.82) is 0 Å². The molecule has 4 heteroatoms. The number of urea groups is 1. The Labute approximate surface area is 138 Å². The molecule has 0 spiro atoms. The fraction of sp³-hybridized carbons (Fsp3) is 0.632. The highest BCUT2D eigenvalue weighted by Crippen LogP contribution is 2.37. The largest absolute Gasteiger partial charge is 0.396 e. The highest BCUT2D eigenvalue weighted by atomic mass is 16.3. The lowest BCUT2D eigenvalue weighted by molar-refractivity contribution is 0.164. The van der Waals surface area contributed by atoms with E-state index in [0.717, 1.165) is 19.3 Å². The van der Waals surface area contributed by atoms with Crippen molar-refractivity contribution < 1.29 is 9.90 Å². The van der Waals surface area contributed by atoms with Crippen molar-refractivity contribution in [1.82, 2.24) is 10.2 Å². The Hall–Kier alpha value is -1.55. The van der Waals surface area contributed by atoms with Gasteiger partial charge in [0.25, 0.3) is 0 Å². The summed E-state index contributed by atoms with van der Waals surface area (Å²) in [4.78, 5) is 14.7. The number of hydrogen-bond donors (Lipinski definition) is 2. The molecule has 0 bridgehead atoms. The van der Waals surface area contributed by atoms with Crippen LogP contribution in [0, 0.1) is 5.92 Å². The molecular formula is C19H28N2O2. The molecule has 1 aromatic rings. The molecule has 2 aliphatic carbocycles. The third kappa shape index (κ3) is 3.69. The Kier molecular flexibility index (Phi) is 5.21. The third-order valence-electron chi connectivity index (χ3n) is 5.19. The predicted molar refractivity (Wildman–Crippen MR) is 91.2 cm³/mol. The molecule has 1 fully saturated rings. The maximum absolute atomic E-state index is 12.8. The van der Waals surface area contributed by atoms with Crippen LogP contribution in [-0.2, 0) is 6.42 Å². The van der Waals surface area contributed by atoms with Gasteiger partial charge in [-0.15, -0.1) is 0 Å². The van der Waals surface area contributed by atoms with Crippen LogP contribution >= 0.6 is 0 Å². The molecule has 3 rings (SSSR count). The summed E-state index contributed by atoms with van der Waals surface area (Å²) >= 11 is 0. The Balaban J connectivity index is 1.67. The van der Waals surface area contributed by atoms with E-state index in [1.165, 1.54) is 24.0 Å². The standard InChI is InChI=1S/C19H28N2O2/c1-2-6-15-13-17(15)20-19(23)21(11-5-12-22)18-10-9-14-7-3-4-8-16(14)18/h3-4,7-8,15,17-18,22H,2,5-6,9-13H2,1H3,(H,20,23). The monoisotopic (exact) mass is 316 g/mol. The topological polar surface area (TPSA) is 52.6 Å². The lowest BCUT2D eigenvalue weighted by atomic mass is 10.1. The van der Waals surface area contributed by atoms with Crippen molar-refractivity contribution in [3.8, 4) is 0 Å². The molecule has 1 saturated carbocycles. The lowest BCUT2D eigenvalue weighted by Crippen LogP contribution is -2.43. The van der Waals surface area contributed by atoms with E-state index in [1.54, 1.807) is 0 Å². The fourth-order valence-electron chi connectivity index (χ4n) is 3.85. The second kappa shape index (κ2) is 7.35. The van der Waals surface area contributed by atoms with E-state index in [1.807, 2.05) is 4.90 Å². The van der Waals surface area contributed by atoms with Gasteiger partial charge in [0.15, 0.2) is 0 Å². The minimum Gasteiger partial charge on any atom is -0.396 e. The van der Waals surface area contributed by atoms with Gasteiger partial charge in [0, 0.05) is 19.2 Å². The smallest absolute Gasteiger partial charge is 0.318 e. The molecule has 3 unspecified atom stereocenters. The van der Waals surface area contributed by atoms with Gasteiger partial charge in [-0.2, -0.15) is 0 Å². The Bertz CT molecular complexity index is 546. The number of aliphatic hydroxyl groups is 1. The molecule has 0 radical (unpaired) electrons. The zero-order valence-corrected chi connectivity index (χ0v) is 14.0. The van der Waals surface area contributed by atoms with Crippen molar-refractivity contribution in [2.75, 3.05) is 13.2 Å². The zero-order chi connectivity index (χ0) is 16.2. The Morgan fingerprint density at radius 2 is 2.22 bits per heavy atom. The normalized spacial score (nSPS) is 25.0. The van der Waals surface area contributed by atoms with Crippen molar-refractivity contribution in [2.24, 2.45) is 5.92 Å². The van der Waals surface area contributed by atoms with Crippen LogP contribution in [0.4, 0.5) is 4.79 Å². The van der Waals surface area contributed by atoms with Crippen LogP contribution in [0.2, 0.25) is 0 Å². The number of nitrogens with one attached hydrogen (secondary N) is 1. The number of rotatable bonds is 7. The van der Waals surface area contributed by atoms with Crippen LogP contribution in [-0.4, -0.2) is 35.2 Å². The highest BCUT2D eigenvalue weighted by molar-refractivity contribution is 5.75. The second-order valence-electron chi connectivity index (χ2n) is 6.86. The van der Waals surface area contributed by atoms with Gasteiger partial charge in [0.2, 0.25) is 0 Å². The number of nitrogens with zero attached hydrogens (tertiary/aromatic N) is 1. The summed E-state index contributed by atoms with van der Waals surface area (Å²) in [7, 11) is 0. The summed E-state index contributed by atoms with van der Waals surface area (Å²) in [5, 5.41) is 12.4. The van der Waals surface area contributed by atoms with Gasteiger partial charge in [0.1, 0.15) is 0 Å². The molecule has 2 aliphatic rings. The van der Waals surface area contributed by atoms with Crippen LogP contribution < -0.4 is 5.32 Å². The van der Waals surface area contributed by atoms with E-state index in [2.05, 4.69) is 36.5 Å². The van der Waals surface area contributed by atoms with Crippen molar-refractivity contribution in [3.63, 3.8) is 0 Å². The summed E-state index contributed by atoms with van der Waals surface area (Å²) in [6.45, 7) is 2.94. The summed E-state index contributed by atoms with van der Waals surface area (Å²) in [6, 6.07) is 8.98. The number of aliphatic hydroxyl groups excluding tert-OH is 1. The number of aryl methyl sites for hydroxylation is 1. The molecule has 4 nitrogen and oxygen atoms in total. The molecule has 0 heterocycles. The van der Waals surface area contributed by atoms with Crippen LogP contribution in [0.1, 0.15) is 56.2 Å². The van der Waals surface area contributed by atoms with E-state index < -0.39 is 0 Å². The first-order valence-electron chi connectivity index (χ1n) is 9.00. The lowest BCUT2D eigenvalue weighted by Gasteiger charge is -2.30. The number of carbonyl (C=O) groups is 1. The molecular weight excluding hydrogens is 288 g/mol. The molecule has 0 aliphatic heterocycles. The van der Waals surface area contributed by atoms with Gasteiger partial charge in [-0.1, -0.05) is 37.6 Å². The quantitative estimate of drug-likeness (QED) is 0.811. The minimum atomic E-state index is 0.0451. The first kappa shape index (κ1) is 16.3. The van der Waals surface area contributed by atoms with E-state index in [4.69, 9.17) is 0 Å². The summed E-state index contributed by atoms with van der Waals surface area (Å²) in [5.74, 6) is 0.666. The molecule has 1 aromatic carbocycles. The second-order valence-corrected chi connectivity index (χ2v) is 6.86. The summed E-state index contributed by atoms with van der Waals surface area (Å²) in [5.41, 5.74) is 2.64. The molecule has 0 aromatic heterocycles. The van der Waals surface area contributed by atoms with E-state index in [9.17, 15) is 9.90 Å². The third-order valence-corrected chi connectivity index (χ3v) is 5.19. The van der Waals surface area contributed by atoms with Crippen LogP contribution in [0.5, 0.6) is 0 Å². The van der Waals surface area contributed by atoms with Crippen molar-refractivity contribution >= 4 is 6.03 Å². The van der Waals surface area contributed by atoms with Gasteiger partial charge < -0.3 is 15.3 Å². The predicted octanol–water partition coefficient (Wildman–Crippen LogP) is 3.26. The number of amides is 2. The first-order valence-corrected chi connectivity index (χ1v) is 9.00. The van der Waals surface area contributed by atoms with Gasteiger partial charge in [-0.05, 0) is 49.1 Å². The average Bonchev–Trinajstić information content (AvgIpc) is 3.14. The van der Waals surface area contributed by atoms with E-state index in [0.29, 0.717) is 24.9 Å². The molecule has 0 saturated heterocycles. The zero-order valence-electron chi connectivity index (χ0n) is 14.0. The summed E-state index contributed by atoms with van der Waals surface area (Å²) < 4.78 is 0. The molecule has 2 amide bonds. The number of benzene rings is 1.